The van der Waals surface area contributed by atoms with Crippen molar-refractivity contribution in [2.45, 2.75) is 50.6 Å². The maximum absolute atomic E-state index is 12.1. The lowest BCUT2D eigenvalue weighted by Gasteiger charge is -2.45. The minimum absolute atomic E-state index is 0.000865. The van der Waals surface area contributed by atoms with Gasteiger partial charge in [0.25, 0.3) is 0 Å². The van der Waals surface area contributed by atoms with E-state index in [1.54, 1.807) is 0 Å². The number of hydrogen-bond donors (Lipinski definition) is 3. The average Bonchev–Trinajstić information content (AvgIpc) is 2.48. The van der Waals surface area contributed by atoms with Gasteiger partial charge in [-0.05, 0) is 51.1 Å². The second kappa shape index (κ2) is 6.22. The minimum Gasteiger partial charge on any atom is -0.481 e. The fourth-order valence-electron chi connectivity index (χ4n) is 4.07. The third-order valence-corrected chi connectivity index (χ3v) is 5.33. The number of hydrogen-bond acceptors (Lipinski definition) is 3. The number of nitrogens with one attached hydrogen (secondary N) is 2. The first kappa shape index (κ1) is 14.6. The van der Waals surface area contributed by atoms with Crippen LogP contribution in [0.25, 0.3) is 0 Å². The van der Waals surface area contributed by atoms with Crippen LogP contribution in [-0.2, 0) is 4.79 Å². The van der Waals surface area contributed by atoms with E-state index < -0.39 is 5.97 Å². The summed E-state index contributed by atoms with van der Waals surface area (Å²) in [5, 5.41) is 15.2. The van der Waals surface area contributed by atoms with Crippen LogP contribution in [-0.4, -0.2) is 53.7 Å². The van der Waals surface area contributed by atoms with E-state index in [1.807, 2.05) is 0 Å². The van der Waals surface area contributed by atoms with Crippen LogP contribution >= 0.6 is 0 Å². The number of amides is 2. The lowest BCUT2D eigenvalue weighted by Crippen LogP contribution is -2.59. The molecule has 4 rings (SSSR count). The normalized spacial score (nSPS) is 38.8. The molecule has 0 aromatic carbocycles. The largest absolute Gasteiger partial charge is 0.481 e. The highest BCUT2D eigenvalue weighted by Crippen LogP contribution is 2.28. The van der Waals surface area contributed by atoms with Gasteiger partial charge in [0.05, 0.1) is 5.92 Å². The third-order valence-electron chi connectivity index (χ3n) is 5.33. The molecule has 3 saturated heterocycles. The van der Waals surface area contributed by atoms with Crippen molar-refractivity contribution in [1.29, 1.82) is 0 Å². The van der Waals surface area contributed by atoms with E-state index in [4.69, 9.17) is 5.11 Å². The van der Waals surface area contributed by atoms with Crippen molar-refractivity contribution in [1.82, 2.24) is 15.5 Å². The summed E-state index contributed by atoms with van der Waals surface area (Å²) in [6, 6.07) is 0.136. The van der Waals surface area contributed by atoms with Crippen LogP contribution in [0.4, 0.5) is 4.79 Å². The Kier molecular flexibility index (Phi) is 4.33. The Morgan fingerprint density at radius 2 is 1.81 bits per heavy atom. The number of urea groups is 1. The Labute approximate surface area is 125 Å². The van der Waals surface area contributed by atoms with Gasteiger partial charge >= 0.3 is 12.0 Å². The van der Waals surface area contributed by atoms with Crippen molar-refractivity contribution < 1.29 is 14.7 Å². The van der Waals surface area contributed by atoms with Gasteiger partial charge in [0.15, 0.2) is 0 Å². The molecule has 4 aliphatic rings. The maximum Gasteiger partial charge on any atom is 0.315 e. The molecule has 2 amide bonds. The molecule has 1 aliphatic carbocycles. The zero-order valence-corrected chi connectivity index (χ0v) is 12.4. The van der Waals surface area contributed by atoms with Gasteiger partial charge in [-0.15, -0.1) is 0 Å². The molecule has 2 bridgehead atoms. The first-order chi connectivity index (χ1) is 10.1. The van der Waals surface area contributed by atoms with Crippen LogP contribution in [0.1, 0.15) is 38.5 Å². The summed E-state index contributed by atoms with van der Waals surface area (Å²) in [7, 11) is 0. The summed E-state index contributed by atoms with van der Waals surface area (Å²) in [5.74, 6) is -0.431. The summed E-state index contributed by atoms with van der Waals surface area (Å²) < 4.78 is 0. The monoisotopic (exact) mass is 295 g/mol. The Morgan fingerprint density at radius 3 is 2.43 bits per heavy atom. The fourth-order valence-corrected chi connectivity index (χ4v) is 4.07. The van der Waals surface area contributed by atoms with Gasteiger partial charge < -0.3 is 20.6 Å². The van der Waals surface area contributed by atoms with Crippen molar-refractivity contribution in [3.8, 4) is 0 Å². The Balaban J connectivity index is 1.47. The summed E-state index contributed by atoms with van der Waals surface area (Å²) in [5.41, 5.74) is 0. The van der Waals surface area contributed by atoms with E-state index in [1.165, 1.54) is 12.8 Å². The molecule has 0 aromatic rings. The van der Waals surface area contributed by atoms with Crippen molar-refractivity contribution in [2.24, 2.45) is 11.8 Å². The first-order valence-electron chi connectivity index (χ1n) is 8.14. The molecule has 21 heavy (non-hydrogen) atoms. The second-order valence-corrected chi connectivity index (χ2v) is 6.76. The zero-order valence-electron chi connectivity index (χ0n) is 12.4. The molecule has 6 heteroatoms. The highest BCUT2D eigenvalue weighted by atomic mass is 16.4. The van der Waals surface area contributed by atoms with Gasteiger partial charge in [-0.25, -0.2) is 4.79 Å². The predicted molar refractivity (Wildman–Crippen MR) is 78.0 cm³/mol. The molecule has 0 radical (unpaired) electrons. The Hall–Kier alpha value is -1.30. The lowest BCUT2D eigenvalue weighted by molar-refractivity contribution is -0.143. The molecule has 118 valence electrons. The molecule has 3 unspecified atom stereocenters. The van der Waals surface area contributed by atoms with E-state index in [0.717, 1.165) is 38.9 Å². The summed E-state index contributed by atoms with van der Waals surface area (Å²) in [6.07, 6.45) is 5.40. The SMILES string of the molecule is O=C(NC1CCCC(C(=O)O)C1)NC1CN2CCC1CC2. The van der Waals surface area contributed by atoms with E-state index in [2.05, 4.69) is 15.5 Å². The minimum atomic E-state index is -0.737. The van der Waals surface area contributed by atoms with Crippen LogP contribution in [0.3, 0.4) is 0 Å². The Morgan fingerprint density at radius 1 is 1.05 bits per heavy atom. The molecular weight excluding hydrogens is 270 g/mol. The number of nitrogens with zero attached hydrogens (tertiary/aromatic N) is 1. The number of carbonyl (C=O) groups excluding carboxylic acids is 1. The highest BCUT2D eigenvalue weighted by Gasteiger charge is 2.35. The smallest absolute Gasteiger partial charge is 0.315 e. The molecule has 4 fully saturated rings. The number of fused-ring (bicyclic) bond motifs is 3. The van der Waals surface area contributed by atoms with Gasteiger partial charge in [-0.3, -0.25) is 4.79 Å². The summed E-state index contributed by atoms with van der Waals surface area (Å²) in [4.78, 5) is 25.6. The third kappa shape index (κ3) is 3.48. The van der Waals surface area contributed by atoms with Crippen LogP contribution in [0, 0.1) is 11.8 Å². The highest BCUT2D eigenvalue weighted by molar-refractivity contribution is 5.75. The molecule has 3 N–H and O–H groups in total. The fraction of sp³-hybridized carbons (Fsp3) is 0.867. The zero-order chi connectivity index (χ0) is 14.8. The summed E-state index contributed by atoms with van der Waals surface area (Å²) in [6.45, 7) is 3.28. The molecule has 3 heterocycles. The van der Waals surface area contributed by atoms with Gasteiger partial charge in [0, 0.05) is 18.6 Å². The molecule has 3 aliphatic heterocycles. The van der Waals surface area contributed by atoms with Gasteiger partial charge in [-0.2, -0.15) is 0 Å². The van der Waals surface area contributed by atoms with Gasteiger partial charge in [-0.1, -0.05) is 6.42 Å². The first-order valence-corrected chi connectivity index (χ1v) is 8.14. The molecule has 1 saturated carbocycles. The van der Waals surface area contributed by atoms with E-state index in [0.29, 0.717) is 12.3 Å². The van der Waals surface area contributed by atoms with Crippen LogP contribution in [0.15, 0.2) is 0 Å². The molecule has 0 aromatic heterocycles. The predicted octanol–water partition coefficient (Wildman–Crippen LogP) is 1.02. The average molecular weight is 295 g/mol. The molecule has 6 nitrogen and oxygen atoms in total. The number of piperidine rings is 3. The number of aliphatic carboxylic acids is 1. The second-order valence-electron chi connectivity index (χ2n) is 6.76. The maximum atomic E-state index is 12.1. The number of carboxylic acids is 1. The molecular formula is C15H25N3O3. The van der Waals surface area contributed by atoms with Crippen molar-refractivity contribution >= 4 is 12.0 Å². The van der Waals surface area contributed by atoms with Gasteiger partial charge in [0.2, 0.25) is 0 Å². The van der Waals surface area contributed by atoms with Crippen LogP contribution in [0.5, 0.6) is 0 Å². The van der Waals surface area contributed by atoms with Crippen LogP contribution < -0.4 is 10.6 Å². The molecule has 0 spiro atoms. The van der Waals surface area contributed by atoms with E-state index in [-0.39, 0.29) is 24.0 Å². The number of rotatable bonds is 3. The van der Waals surface area contributed by atoms with Crippen molar-refractivity contribution in [3.63, 3.8) is 0 Å². The van der Waals surface area contributed by atoms with Crippen molar-refractivity contribution in [3.05, 3.63) is 0 Å². The van der Waals surface area contributed by atoms with E-state index >= 15 is 0 Å². The lowest BCUT2D eigenvalue weighted by atomic mass is 9.84. The summed E-state index contributed by atoms with van der Waals surface area (Å²) >= 11 is 0. The standard InChI is InChI=1S/C15H25N3O3/c19-14(20)11-2-1-3-12(8-11)16-15(21)17-13-9-18-6-4-10(13)5-7-18/h10-13H,1-9H2,(H,19,20)(H2,16,17,21). The number of carbonyl (C=O) groups is 2. The molecule has 3 atom stereocenters. The number of carboxylic acid groups (broad SMARTS) is 1. The van der Waals surface area contributed by atoms with Gasteiger partial charge in [0.1, 0.15) is 0 Å². The van der Waals surface area contributed by atoms with Crippen molar-refractivity contribution in [2.75, 3.05) is 19.6 Å². The Bertz CT molecular complexity index is 407. The van der Waals surface area contributed by atoms with E-state index in [9.17, 15) is 9.59 Å². The van der Waals surface area contributed by atoms with Crippen LogP contribution in [0.2, 0.25) is 0 Å². The quantitative estimate of drug-likeness (QED) is 0.726. The topological polar surface area (TPSA) is 81.7 Å².